The fourth-order valence-corrected chi connectivity index (χ4v) is 2.64. The van der Waals surface area contributed by atoms with Crippen LogP contribution < -0.4 is 5.73 Å². The van der Waals surface area contributed by atoms with Crippen LogP contribution in [0.2, 0.25) is 0 Å². The Bertz CT molecular complexity index is 645. The Morgan fingerprint density at radius 1 is 1.08 bits per heavy atom. The van der Waals surface area contributed by atoms with Gasteiger partial charge in [0.25, 0.3) is 0 Å². The van der Waals surface area contributed by atoms with Crippen LogP contribution in [0.3, 0.4) is 0 Å². The van der Waals surface area contributed by atoms with Crippen molar-refractivity contribution in [1.29, 1.82) is 0 Å². The van der Waals surface area contributed by atoms with Gasteiger partial charge in [-0.05, 0) is 22.6 Å². The van der Waals surface area contributed by atoms with Crippen LogP contribution in [0, 0.1) is 5.92 Å². The van der Waals surface area contributed by atoms with Gasteiger partial charge in [-0.3, -0.25) is 4.79 Å². The maximum atomic E-state index is 12.5. The molecule has 2 N–H and O–H groups in total. The first-order valence-corrected chi connectivity index (χ1v) is 8.18. The van der Waals surface area contributed by atoms with Crippen molar-refractivity contribution in [3.63, 3.8) is 0 Å². The maximum Gasteiger partial charge on any atom is 0.239 e. The van der Waals surface area contributed by atoms with E-state index in [0.29, 0.717) is 6.54 Å². The van der Waals surface area contributed by atoms with Crippen LogP contribution in [0.4, 0.5) is 0 Å². The van der Waals surface area contributed by atoms with E-state index < -0.39 is 6.04 Å². The van der Waals surface area contributed by atoms with Gasteiger partial charge >= 0.3 is 0 Å². The van der Waals surface area contributed by atoms with Crippen LogP contribution in [0.15, 0.2) is 54.6 Å². The minimum atomic E-state index is -0.436. The van der Waals surface area contributed by atoms with Crippen molar-refractivity contribution in [2.24, 2.45) is 11.7 Å². The largest absolute Gasteiger partial charge is 0.340 e. The molecule has 0 radical (unpaired) electrons. The molecule has 3 nitrogen and oxygen atoms in total. The molecule has 130 valence electrons. The summed E-state index contributed by atoms with van der Waals surface area (Å²) in [5.41, 5.74) is 9.53. The van der Waals surface area contributed by atoms with E-state index in [-0.39, 0.29) is 24.2 Å². The zero-order valence-corrected chi connectivity index (χ0v) is 15.4. The number of nitrogens with two attached hydrogens (primary N) is 1. The Balaban J connectivity index is 0.00000288. The molecule has 2 atom stereocenters. The molecule has 0 spiro atoms. The highest BCUT2D eigenvalue weighted by atomic mass is 35.5. The third-order valence-corrected chi connectivity index (χ3v) is 4.43. The van der Waals surface area contributed by atoms with Gasteiger partial charge in [0, 0.05) is 13.6 Å². The predicted molar refractivity (Wildman–Crippen MR) is 103 cm³/mol. The lowest BCUT2D eigenvalue weighted by atomic mass is 9.97. The molecule has 0 fully saturated rings. The number of likely N-dealkylation sites (N-methyl/N-ethyl adjacent to an activating group) is 1. The molecule has 4 heteroatoms. The van der Waals surface area contributed by atoms with Crippen molar-refractivity contribution in [1.82, 2.24) is 4.90 Å². The molecule has 0 aliphatic carbocycles. The normalized spacial score (nSPS) is 12.8. The topological polar surface area (TPSA) is 46.3 Å². The lowest BCUT2D eigenvalue weighted by molar-refractivity contribution is -0.132. The minimum absolute atomic E-state index is 0. The third kappa shape index (κ3) is 4.83. The van der Waals surface area contributed by atoms with E-state index in [1.165, 1.54) is 0 Å². The summed E-state index contributed by atoms with van der Waals surface area (Å²) in [6.07, 6.45) is 0.904. The molecule has 0 aliphatic rings. The van der Waals surface area contributed by atoms with E-state index in [2.05, 4.69) is 31.2 Å². The van der Waals surface area contributed by atoms with Crippen LogP contribution in [-0.2, 0) is 11.3 Å². The van der Waals surface area contributed by atoms with Crippen LogP contribution in [-0.4, -0.2) is 23.9 Å². The van der Waals surface area contributed by atoms with Crippen molar-refractivity contribution in [2.45, 2.75) is 32.9 Å². The lowest BCUT2D eigenvalue weighted by Crippen LogP contribution is -2.45. The quantitative estimate of drug-likeness (QED) is 0.855. The molecule has 2 unspecified atom stereocenters. The minimum Gasteiger partial charge on any atom is -0.340 e. The summed E-state index contributed by atoms with van der Waals surface area (Å²) in [4.78, 5) is 14.2. The molecule has 2 rings (SSSR count). The molecular weight excluding hydrogens is 320 g/mol. The molecular formula is C20H27ClN2O. The Morgan fingerprint density at radius 2 is 1.67 bits per heavy atom. The molecule has 2 aromatic rings. The second-order valence-corrected chi connectivity index (χ2v) is 6.13. The molecule has 0 aromatic heterocycles. The van der Waals surface area contributed by atoms with E-state index in [0.717, 1.165) is 23.1 Å². The second-order valence-electron chi connectivity index (χ2n) is 6.13. The number of carbonyl (C=O) groups excluding carboxylic acids is 1. The molecule has 0 heterocycles. The Hall–Kier alpha value is -1.84. The van der Waals surface area contributed by atoms with E-state index >= 15 is 0 Å². The van der Waals surface area contributed by atoms with Gasteiger partial charge in [0.2, 0.25) is 5.91 Å². The maximum absolute atomic E-state index is 12.5. The monoisotopic (exact) mass is 346 g/mol. The van der Waals surface area contributed by atoms with Crippen LogP contribution in [0.5, 0.6) is 0 Å². The smallest absolute Gasteiger partial charge is 0.239 e. The molecule has 0 aliphatic heterocycles. The number of hydrogen-bond acceptors (Lipinski definition) is 2. The SMILES string of the molecule is CCC(C)C(N)C(=O)N(C)Cc1ccccc1-c1ccccc1.Cl. The number of rotatable bonds is 6. The summed E-state index contributed by atoms with van der Waals surface area (Å²) in [7, 11) is 1.83. The van der Waals surface area contributed by atoms with Gasteiger partial charge in [-0.2, -0.15) is 0 Å². The fourth-order valence-electron chi connectivity index (χ4n) is 2.64. The predicted octanol–water partition coefficient (Wildman–Crippen LogP) is 4.11. The van der Waals surface area contributed by atoms with Gasteiger partial charge in [-0.15, -0.1) is 12.4 Å². The molecule has 0 bridgehead atoms. The second kappa shape index (κ2) is 9.45. The van der Waals surface area contributed by atoms with Gasteiger partial charge in [0.1, 0.15) is 0 Å². The number of carbonyl (C=O) groups is 1. The van der Waals surface area contributed by atoms with Gasteiger partial charge in [-0.1, -0.05) is 74.9 Å². The van der Waals surface area contributed by atoms with Crippen molar-refractivity contribution < 1.29 is 4.79 Å². The molecule has 24 heavy (non-hydrogen) atoms. The van der Waals surface area contributed by atoms with Crippen LogP contribution >= 0.6 is 12.4 Å². The summed E-state index contributed by atoms with van der Waals surface area (Å²) >= 11 is 0. The van der Waals surface area contributed by atoms with Crippen molar-refractivity contribution in [2.75, 3.05) is 7.05 Å². The fraction of sp³-hybridized carbons (Fsp3) is 0.350. The van der Waals surface area contributed by atoms with Crippen molar-refractivity contribution >= 4 is 18.3 Å². The van der Waals surface area contributed by atoms with E-state index in [1.54, 1.807) is 4.90 Å². The average Bonchev–Trinajstić information content (AvgIpc) is 2.60. The number of halogens is 1. The first-order valence-electron chi connectivity index (χ1n) is 8.18. The van der Waals surface area contributed by atoms with Crippen molar-refractivity contribution in [3.8, 4) is 11.1 Å². The van der Waals surface area contributed by atoms with Gasteiger partial charge in [-0.25, -0.2) is 0 Å². The van der Waals surface area contributed by atoms with Gasteiger partial charge in [0.05, 0.1) is 6.04 Å². The highest BCUT2D eigenvalue weighted by Crippen LogP contribution is 2.24. The van der Waals surface area contributed by atoms with E-state index in [1.807, 2.05) is 44.3 Å². The third-order valence-electron chi connectivity index (χ3n) is 4.43. The highest BCUT2D eigenvalue weighted by molar-refractivity contribution is 5.85. The zero-order chi connectivity index (χ0) is 16.8. The van der Waals surface area contributed by atoms with Gasteiger partial charge in [0.15, 0.2) is 0 Å². The number of nitrogens with zero attached hydrogens (tertiary/aromatic N) is 1. The summed E-state index contributed by atoms with van der Waals surface area (Å²) in [5, 5.41) is 0. The summed E-state index contributed by atoms with van der Waals surface area (Å²) in [5.74, 6) is 0.191. The zero-order valence-electron chi connectivity index (χ0n) is 14.6. The first-order chi connectivity index (χ1) is 11.0. The van der Waals surface area contributed by atoms with E-state index in [9.17, 15) is 4.79 Å². The summed E-state index contributed by atoms with van der Waals surface area (Å²) in [6.45, 7) is 4.64. The van der Waals surface area contributed by atoms with Gasteiger partial charge < -0.3 is 10.6 Å². The lowest BCUT2D eigenvalue weighted by Gasteiger charge is -2.25. The Kier molecular flexibility index (Phi) is 7.96. The number of hydrogen-bond donors (Lipinski definition) is 1. The standard InChI is InChI=1S/C20H26N2O.ClH/c1-4-15(2)19(21)20(23)22(3)14-17-12-8-9-13-18(17)16-10-6-5-7-11-16;/h5-13,15,19H,4,14,21H2,1-3H3;1H. The van der Waals surface area contributed by atoms with E-state index in [4.69, 9.17) is 5.73 Å². The Morgan fingerprint density at radius 3 is 2.29 bits per heavy atom. The first kappa shape index (κ1) is 20.2. The number of amides is 1. The Labute approximate surface area is 151 Å². The highest BCUT2D eigenvalue weighted by Gasteiger charge is 2.23. The average molecular weight is 347 g/mol. The molecule has 0 saturated heterocycles. The molecule has 2 aromatic carbocycles. The van der Waals surface area contributed by atoms with Crippen LogP contribution in [0.1, 0.15) is 25.8 Å². The summed E-state index contributed by atoms with van der Waals surface area (Å²) in [6, 6.07) is 18.0. The molecule has 0 saturated carbocycles. The van der Waals surface area contributed by atoms with Crippen molar-refractivity contribution in [3.05, 3.63) is 60.2 Å². The number of benzene rings is 2. The van der Waals surface area contributed by atoms with Crippen LogP contribution in [0.25, 0.3) is 11.1 Å². The summed E-state index contributed by atoms with van der Waals surface area (Å²) < 4.78 is 0. The molecule has 1 amide bonds.